The molecule has 144 valence electrons. The van der Waals surface area contributed by atoms with Crippen LogP contribution in [0.2, 0.25) is 0 Å². The number of thioether (sulfide) groups is 1. The molecule has 0 heterocycles. The molecule has 2 aromatic rings. The van der Waals surface area contributed by atoms with E-state index in [1.165, 1.54) is 17.3 Å². The van der Waals surface area contributed by atoms with Crippen molar-refractivity contribution in [3.63, 3.8) is 0 Å². The Morgan fingerprint density at radius 3 is 2.59 bits per heavy atom. The molecule has 0 radical (unpaired) electrons. The normalized spacial score (nSPS) is 10.8. The maximum absolute atomic E-state index is 11.9. The highest BCUT2D eigenvalue weighted by molar-refractivity contribution is 8.00. The van der Waals surface area contributed by atoms with Crippen molar-refractivity contribution >= 4 is 23.9 Å². The van der Waals surface area contributed by atoms with E-state index in [9.17, 15) is 4.79 Å². The van der Waals surface area contributed by atoms with Crippen LogP contribution in [0, 0.1) is 6.92 Å². The SMILES string of the molecule is CCCOc1ccc(C=NNC(=O)CSc2ccc(C)cc2)cc1OCC. The summed E-state index contributed by atoms with van der Waals surface area (Å²) >= 11 is 1.48. The van der Waals surface area contributed by atoms with E-state index in [-0.39, 0.29) is 5.91 Å². The van der Waals surface area contributed by atoms with Gasteiger partial charge in [-0.05, 0) is 56.2 Å². The Bertz CT molecular complexity index is 761. The van der Waals surface area contributed by atoms with Crippen LogP contribution in [0.1, 0.15) is 31.4 Å². The van der Waals surface area contributed by atoms with Gasteiger partial charge in [0.2, 0.25) is 5.91 Å². The number of ether oxygens (including phenoxy) is 2. The number of nitrogens with zero attached hydrogens (tertiary/aromatic N) is 1. The van der Waals surface area contributed by atoms with Crippen molar-refractivity contribution in [1.82, 2.24) is 5.43 Å². The number of hydrogen-bond acceptors (Lipinski definition) is 5. The topological polar surface area (TPSA) is 59.9 Å². The molecule has 0 aliphatic heterocycles. The maximum Gasteiger partial charge on any atom is 0.250 e. The third kappa shape index (κ3) is 7.35. The quantitative estimate of drug-likeness (QED) is 0.373. The molecule has 0 fully saturated rings. The zero-order valence-electron chi connectivity index (χ0n) is 16.0. The molecule has 0 unspecified atom stereocenters. The van der Waals surface area contributed by atoms with Gasteiger partial charge in [-0.3, -0.25) is 4.79 Å². The van der Waals surface area contributed by atoms with E-state index in [0.717, 1.165) is 22.6 Å². The minimum absolute atomic E-state index is 0.148. The van der Waals surface area contributed by atoms with E-state index in [1.807, 2.05) is 56.3 Å². The molecule has 0 saturated carbocycles. The molecule has 1 amide bonds. The smallest absolute Gasteiger partial charge is 0.250 e. The predicted molar refractivity (Wildman–Crippen MR) is 111 cm³/mol. The van der Waals surface area contributed by atoms with E-state index in [2.05, 4.69) is 17.5 Å². The van der Waals surface area contributed by atoms with Crippen molar-refractivity contribution in [3.8, 4) is 11.5 Å². The van der Waals surface area contributed by atoms with Gasteiger partial charge < -0.3 is 9.47 Å². The number of benzene rings is 2. The number of amides is 1. The molecule has 0 saturated heterocycles. The number of rotatable bonds is 10. The second-order valence-electron chi connectivity index (χ2n) is 5.88. The summed E-state index contributed by atoms with van der Waals surface area (Å²) in [5.74, 6) is 1.56. The van der Waals surface area contributed by atoms with Crippen LogP contribution in [0.3, 0.4) is 0 Å². The Morgan fingerprint density at radius 2 is 1.89 bits per heavy atom. The lowest BCUT2D eigenvalue weighted by Gasteiger charge is -2.11. The first-order valence-electron chi connectivity index (χ1n) is 9.03. The Morgan fingerprint density at radius 1 is 1.11 bits per heavy atom. The maximum atomic E-state index is 11.9. The van der Waals surface area contributed by atoms with Crippen molar-refractivity contribution in [2.24, 2.45) is 5.10 Å². The number of hydrogen-bond donors (Lipinski definition) is 1. The number of carbonyl (C=O) groups is 1. The van der Waals surface area contributed by atoms with E-state index in [0.29, 0.717) is 24.7 Å². The van der Waals surface area contributed by atoms with Gasteiger partial charge in [0.15, 0.2) is 11.5 Å². The molecule has 0 aliphatic carbocycles. The minimum Gasteiger partial charge on any atom is -0.490 e. The van der Waals surface area contributed by atoms with Crippen LogP contribution in [0.4, 0.5) is 0 Å². The molecule has 0 bridgehead atoms. The van der Waals surface area contributed by atoms with Gasteiger partial charge in [0.05, 0.1) is 25.2 Å². The standard InChI is InChI=1S/C21H26N2O3S/c1-4-12-26-19-11-8-17(13-20(19)25-5-2)14-22-23-21(24)15-27-18-9-6-16(3)7-10-18/h6-11,13-14H,4-5,12,15H2,1-3H3,(H,23,24). The van der Waals surface area contributed by atoms with Gasteiger partial charge >= 0.3 is 0 Å². The van der Waals surface area contributed by atoms with Crippen LogP contribution >= 0.6 is 11.8 Å². The highest BCUT2D eigenvalue weighted by Gasteiger charge is 2.06. The van der Waals surface area contributed by atoms with Gasteiger partial charge in [-0.1, -0.05) is 24.6 Å². The molecule has 27 heavy (non-hydrogen) atoms. The highest BCUT2D eigenvalue weighted by atomic mass is 32.2. The van der Waals surface area contributed by atoms with Crippen LogP contribution in [-0.4, -0.2) is 31.1 Å². The van der Waals surface area contributed by atoms with Crippen molar-refractivity contribution in [2.45, 2.75) is 32.1 Å². The zero-order valence-corrected chi connectivity index (χ0v) is 16.8. The fourth-order valence-electron chi connectivity index (χ4n) is 2.20. The van der Waals surface area contributed by atoms with Crippen LogP contribution in [0.5, 0.6) is 11.5 Å². The average Bonchev–Trinajstić information content (AvgIpc) is 2.67. The van der Waals surface area contributed by atoms with Crippen LogP contribution in [0.15, 0.2) is 52.5 Å². The Kier molecular flexibility index (Phi) is 8.71. The molecule has 0 atom stereocenters. The zero-order chi connectivity index (χ0) is 19.5. The first kappa shape index (κ1) is 20.8. The van der Waals surface area contributed by atoms with Gasteiger partial charge in [0, 0.05) is 4.90 Å². The third-order valence-electron chi connectivity index (χ3n) is 3.52. The monoisotopic (exact) mass is 386 g/mol. The van der Waals surface area contributed by atoms with Crippen LogP contribution in [0.25, 0.3) is 0 Å². The number of hydrazone groups is 1. The Balaban J connectivity index is 1.87. The summed E-state index contributed by atoms with van der Waals surface area (Å²) < 4.78 is 11.3. The molecule has 0 spiro atoms. The molecule has 2 rings (SSSR count). The molecule has 2 aromatic carbocycles. The third-order valence-corrected chi connectivity index (χ3v) is 4.54. The molecule has 1 N–H and O–H groups in total. The fourth-order valence-corrected chi connectivity index (χ4v) is 2.89. The van der Waals surface area contributed by atoms with E-state index in [1.54, 1.807) is 6.21 Å². The summed E-state index contributed by atoms with van der Waals surface area (Å²) in [6.45, 7) is 7.21. The van der Waals surface area contributed by atoms with Crippen molar-refractivity contribution in [2.75, 3.05) is 19.0 Å². The van der Waals surface area contributed by atoms with Crippen LogP contribution in [-0.2, 0) is 4.79 Å². The van der Waals surface area contributed by atoms with Crippen LogP contribution < -0.4 is 14.9 Å². The van der Waals surface area contributed by atoms with Crippen molar-refractivity contribution < 1.29 is 14.3 Å². The first-order chi connectivity index (χ1) is 13.1. The van der Waals surface area contributed by atoms with Gasteiger partial charge in [0.1, 0.15) is 0 Å². The number of carbonyl (C=O) groups excluding carboxylic acids is 1. The van der Waals surface area contributed by atoms with Crippen molar-refractivity contribution in [1.29, 1.82) is 0 Å². The van der Waals surface area contributed by atoms with E-state index in [4.69, 9.17) is 9.47 Å². The minimum atomic E-state index is -0.148. The summed E-state index contributed by atoms with van der Waals surface area (Å²) in [4.78, 5) is 13.0. The molecule has 0 aliphatic rings. The second-order valence-corrected chi connectivity index (χ2v) is 6.93. The van der Waals surface area contributed by atoms with E-state index < -0.39 is 0 Å². The largest absolute Gasteiger partial charge is 0.490 e. The molecule has 6 heteroatoms. The molecular formula is C21H26N2O3S. The predicted octanol–water partition coefficient (Wildman–Crippen LogP) is 4.42. The number of aryl methyl sites for hydroxylation is 1. The van der Waals surface area contributed by atoms with Gasteiger partial charge in [-0.15, -0.1) is 11.8 Å². The summed E-state index contributed by atoms with van der Waals surface area (Å²) in [6, 6.07) is 13.7. The lowest BCUT2D eigenvalue weighted by atomic mass is 10.2. The summed E-state index contributed by atoms with van der Waals surface area (Å²) in [5, 5.41) is 4.03. The second kappa shape index (κ2) is 11.3. The van der Waals surface area contributed by atoms with E-state index >= 15 is 0 Å². The Labute approximate surface area is 165 Å². The fraction of sp³-hybridized carbons (Fsp3) is 0.333. The Hall–Kier alpha value is -2.47. The summed E-state index contributed by atoms with van der Waals surface area (Å²) in [5.41, 5.74) is 4.58. The number of nitrogens with one attached hydrogen (secondary N) is 1. The highest BCUT2D eigenvalue weighted by Crippen LogP contribution is 2.28. The lowest BCUT2D eigenvalue weighted by molar-refractivity contribution is -0.118. The average molecular weight is 387 g/mol. The molecule has 0 aromatic heterocycles. The molecule has 5 nitrogen and oxygen atoms in total. The summed E-state index contributed by atoms with van der Waals surface area (Å²) in [7, 11) is 0. The van der Waals surface area contributed by atoms with Gasteiger partial charge in [0.25, 0.3) is 0 Å². The first-order valence-corrected chi connectivity index (χ1v) is 10.0. The van der Waals surface area contributed by atoms with Gasteiger partial charge in [-0.2, -0.15) is 5.10 Å². The molecular weight excluding hydrogens is 360 g/mol. The van der Waals surface area contributed by atoms with Crippen molar-refractivity contribution in [3.05, 3.63) is 53.6 Å². The summed E-state index contributed by atoms with van der Waals surface area (Å²) in [6.07, 6.45) is 2.53. The lowest BCUT2D eigenvalue weighted by Crippen LogP contribution is -2.19. The van der Waals surface area contributed by atoms with Gasteiger partial charge in [-0.25, -0.2) is 5.43 Å².